The van der Waals surface area contributed by atoms with Crippen LogP contribution in [0.4, 0.5) is 5.69 Å². The Balaban J connectivity index is 1.57. The monoisotopic (exact) mass is 464 g/mol. The Morgan fingerprint density at radius 3 is 2.29 bits per heavy atom. The molecule has 0 bridgehead atoms. The van der Waals surface area contributed by atoms with Crippen molar-refractivity contribution in [3.63, 3.8) is 0 Å². The van der Waals surface area contributed by atoms with E-state index >= 15 is 0 Å². The summed E-state index contributed by atoms with van der Waals surface area (Å²) >= 11 is 0. The second-order valence-electron chi connectivity index (χ2n) is 8.06. The standard InChI is InChI=1S/C28H24N4O3/c1-2-35-23-15-13-21(14-16-23)29-27(33)24-18-31(17-20-9-5-3-6-10-20)19-25-26(24)30-32(28(25)34)22-11-7-4-8-12-22/h3-16,18-19H,2,17H2,1H3,(H,29,33). The van der Waals surface area contributed by atoms with E-state index in [-0.39, 0.29) is 11.5 Å². The van der Waals surface area contributed by atoms with E-state index in [0.29, 0.717) is 41.3 Å². The summed E-state index contributed by atoms with van der Waals surface area (Å²) in [6, 6.07) is 26.2. The maximum absolute atomic E-state index is 13.4. The Morgan fingerprint density at radius 2 is 1.60 bits per heavy atom. The molecule has 0 radical (unpaired) electrons. The van der Waals surface area contributed by atoms with E-state index in [4.69, 9.17) is 4.74 Å². The second kappa shape index (κ2) is 9.69. The summed E-state index contributed by atoms with van der Waals surface area (Å²) < 4.78 is 8.66. The maximum Gasteiger partial charge on any atom is 0.282 e. The number of pyridine rings is 1. The molecular formula is C28H24N4O3. The van der Waals surface area contributed by atoms with Crippen molar-refractivity contribution in [2.24, 2.45) is 0 Å². The number of para-hydroxylation sites is 1. The first-order chi connectivity index (χ1) is 17.1. The van der Waals surface area contributed by atoms with Gasteiger partial charge < -0.3 is 14.6 Å². The van der Waals surface area contributed by atoms with Gasteiger partial charge in [0.2, 0.25) is 0 Å². The smallest absolute Gasteiger partial charge is 0.282 e. The average Bonchev–Trinajstić information content (AvgIpc) is 3.22. The van der Waals surface area contributed by atoms with Crippen molar-refractivity contribution in [3.05, 3.63) is 119 Å². The van der Waals surface area contributed by atoms with Crippen LogP contribution in [0.1, 0.15) is 22.8 Å². The lowest BCUT2D eigenvalue weighted by Gasteiger charge is -2.13. The first-order valence-electron chi connectivity index (χ1n) is 11.4. The van der Waals surface area contributed by atoms with E-state index in [2.05, 4.69) is 10.4 Å². The van der Waals surface area contributed by atoms with E-state index < -0.39 is 0 Å². The fourth-order valence-corrected chi connectivity index (χ4v) is 3.96. The molecule has 0 saturated heterocycles. The number of hydrogen-bond donors (Lipinski definition) is 1. The number of anilines is 1. The summed E-state index contributed by atoms with van der Waals surface area (Å²) in [7, 11) is 0. The Labute approximate surface area is 202 Å². The van der Waals surface area contributed by atoms with Gasteiger partial charge in [-0.3, -0.25) is 9.59 Å². The van der Waals surface area contributed by atoms with Gasteiger partial charge in [-0.05, 0) is 48.9 Å². The van der Waals surface area contributed by atoms with Crippen molar-refractivity contribution in [2.45, 2.75) is 13.5 Å². The molecule has 2 aliphatic heterocycles. The minimum atomic E-state index is -0.348. The largest absolute Gasteiger partial charge is 0.494 e. The number of amides is 1. The molecule has 3 aromatic rings. The molecule has 7 nitrogen and oxygen atoms in total. The fourth-order valence-electron chi connectivity index (χ4n) is 3.96. The van der Waals surface area contributed by atoms with Crippen LogP contribution in [0.15, 0.2) is 102 Å². The number of nitrogens with zero attached hydrogens (tertiary/aromatic N) is 3. The molecule has 5 rings (SSSR count). The fraction of sp³-hybridized carbons (Fsp3) is 0.107. The summed E-state index contributed by atoms with van der Waals surface area (Å²) in [6.45, 7) is 2.99. The minimum Gasteiger partial charge on any atom is -0.494 e. The maximum atomic E-state index is 13.4. The Kier molecular flexibility index (Phi) is 6.13. The summed E-state index contributed by atoms with van der Waals surface area (Å²) in [5, 5.41) is 7.46. The van der Waals surface area contributed by atoms with Crippen molar-refractivity contribution < 1.29 is 9.53 Å². The molecule has 0 aliphatic carbocycles. The third-order valence-electron chi connectivity index (χ3n) is 5.60. The van der Waals surface area contributed by atoms with Crippen LogP contribution in [0.25, 0.3) is 16.9 Å². The number of hydrogen-bond acceptors (Lipinski definition) is 4. The van der Waals surface area contributed by atoms with Crippen LogP contribution in [-0.2, 0) is 6.54 Å². The van der Waals surface area contributed by atoms with Crippen molar-refractivity contribution in [1.82, 2.24) is 14.3 Å². The van der Waals surface area contributed by atoms with Crippen LogP contribution in [0.5, 0.6) is 5.75 Å². The molecule has 0 unspecified atom stereocenters. The topological polar surface area (TPSA) is 78.1 Å². The molecule has 0 atom stereocenters. The number of nitrogens with one attached hydrogen (secondary N) is 1. The third kappa shape index (κ3) is 4.70. The van der Waals surface area contributed by atoms with Gasteiger partial charge in [-0.25, -0.2) is 0 Å². The van der Waals surface area contributed by atoms with Crippen LogP contribution in [0, 0.1) is 0 Å². The second-order valence-corrected chi connectivity index (χ2v) is 8.06. The third-order valence-corrected chi connectivity index (χ3v) is 5.60. The Morgan fingerprint density at radius 1 is 0.914 bits per heavy atom. The predicted molar refractivity (Wildman–Crippen MR) is 136 cm³/mol. The zero-order valence-corrected chi connectivity index (χ0v) is 19.2. The van der Waals surface area contributed by atoms with Gasteiger partial charge in [0.15, 0.2) is 0 Å². The van der Waals surface area contributed by atoms with Gasteiger partial charge in [-0.2, -0.15) is 9.78 Å². The van der Waals surface area contributed by atoms with Gasteiger partial charge in [-0.15, -0.1) is 0 Å². The summed E-state index contributed by atoms with van der Waals surface area (Å²) in [5.41, 5.74) is 3.09. The van der Waals surface area contributed by atoms with E-state index in [1.165, 1.54) is 4.68 Å². The van der Waals surface area contributed by atoms with Gasteiger partial charge >= 0.3 is 0 Å². The first-order valence-corrected chi connectivity index (χ1v) is 11.4. The summed E-state index contributed by atoms with van der Waals surface area (Å²) in [5.74, 6) is 0.380. The van der Waals surface area contributed by atoms with Crippen LogP contribution < -0.4 is 15.6 Å². The molecule has 174 valence electrons. The van der Waals surface area contributed by atoms with E-state index in [9.17, 15) is 9.59 Å². The zero-order chi connectivity index (χ0) is 24.2. The van der Waals surface area contributed by atoms with Crippen LogP contribution >= 0.6 is 0 Å². The van der Waals surface area contributed by atoms with Gasteiger partial charge in [0.05, 0.1) is 23.4 Å². The highest BCUT2D eigenvalue weighted by Crippen LogP contribution is 2.24. The summed E-state index contributed by atoms with van der Waals surface area (Å²) in [4.78, 5) is 26.7. The first kappa shape index (κ1) is 22.2. The average molecular weight is 465 g/mol. The molecule has 0 fully saturated rings. The molecule has 7 heteroatoms. The molecule has 3 aromatic carbocycles. The molecular weight excluding hydrogens is 440 g/mol. The highest BCUT2D eigenvalue weighted by atomic mass is 16.5. The van der Waals surface area contributed by atoms with Crippen LogP contribution in [0.3, 0.4) is 0 Å². The van der Waals surface area contributed by atoms with Crippen LogP contribution in [-0.4, -0.2) is 26.9 Å². The molecule has 1 amide bonds. The van der Waals surface area contributed by atoms with Gasteiger partial charge in [0.25, 0.3) is 11.5 Å². The van der Waals surface area contributed by atoms with Crippen molar-refractivity contribution in [1.29, 1.82) is 0 Å². The number of aromatic nitrogens is 3. The molecule has 35 heavy (non-hydrogen) atoms. The van der Waals surface area contributed by atoms with Crippen molar-refractivity contribution >= 4 is 11.6 Å². The van der Waals surface area contributed by atoms with Crippen LogP contribution in [0.2, 0.25) is 0 Å². The zero-order valence-electron chi connectivity index (χ0n) is 19.2. The highest BCUT2D eigenvalue weighted by Gasteiger charge is 2.24. The Bertz CT molecular complexity index is 1470. The molecule has 2 aliphatic rings. The van der Waals surface area contributed by atoms with E-state index in [1.54, 1.807) is 36.7 Å². The molecule has 1 N–H and O–H groups in total. The lowest BCUT2D eigenvalue weighted by atomic mass is 10.1. The Hall–Kier alpha value is -4.65. The minimum absolute atomic E-state index is 0.274. The number of rotatable bonds is 7. The van der Waals surface area contributed by atoms with Gasteiger partial charge in [-0.1, -0.05) is 48.5 Å². The number of benzene rings is 3. The number of ether oxygens (including phenoxy) is 1. The molecule has 0 saturated carbocycles. The van der Waals surface area contributed by atoms with E-state index in [0.717, 1.165) is 11.3 Å². The van der Waals surface area contributed by atoms with Crippen molar-refractivity contribution in [3.8, 4) is 22.7 Å². The van der Waals surface area contributed by atoms with E-state index in [1.807, 2.05) is 72.2 Å². The highest BCUT2D eigenvalue weighted by molar-refractivity contribution is 6.08. The lowest BCUT2D eigenvalue weighted by molar-refractivity contribution is 0.102. The van der Waals surface area contributed by atoms with Gasteiger partial charge in [0.1, 0.15) is 11.4 Å². The quantitative estimate of drug-likeness (QED) is 0.374. The normalized spacial score (nSPS) is 10.9. The predicted octanol–water partition coefficient (Wildman–Crippen LogP) is 4.84. The number of carbonyl (C=O) groups is 1. The van der Waals surface area contributed by atoms with Gasteiger partial charge in [0, 0.05) is 24.6 Å². The molecule has 0 aromatic heterocycles. The molecule has 2 heterocycles. The van der Waals surface area contributed by atoms with Crippen molar-refractivity contribution in [2.75, 3.05) is 11.9 Å². The number of carbonyl (C=O) groups excluding carboxylic acids is 1. The SMILES string of the molecule is CCOc1ccc(NC(=O)c2cn(Cc3ccccc3)cc3c(=O)n(-c4ccccc4)nc2-3)cc1. The summed E-state index contributed by atoms with van der Waals surface area (Å²) in [6.07, 6.45) is 3.49. The molecule has 0 spiro atoms. The lowest BCUT2D eigenvalue weighted by Crippen LogP contribution is -2.18. The number of fused-ring (bicyclic) bond motifs is 1.